The molecule has 2 atom stereocenters. The molecule has 5 aromatic rings. The first-order chi connectivity index (χ1) is 19.6. The number of terminal acetylenes is 1. The number of nitrogens with zero attached hydrogens (tertiary/aromatic N) is 9. The van der Waals surface area contributed by atoms with E-state index < -0.39 is 0 Å². The van der Waals surface area contributed by atoms with E-state index in [2.05, 4.69) is 66.9 Å². The molecule has 2 unspecified atom stereocenters. The van der Waals surface area contributed by atoms with E-state index in [4.69, 9.17) is 11.4 Å². The number of piperidine rings is 1. The van der Waals surface area contributed by atoms with Crippen LogP contribution < -0.4 is 4.90 Å². The number of aliphatic imine (C=N–C) groups is 1. The second-order valence-corrected chi connectivity index (χ2v) is 10.6. The Balaban J connectivity index is 1.14. The predicted molar refractivity (Wildman–Crippen MR) is 156 cm³/mol. The van der Waals surface area contributed by atoms with Crippen molar-refractivity contribution in [3.8, 4) is 34.6 Å². The minimum absolute atomic E-state index is 0.494. The van der Waals surface area contributed by atoms with Gasteiger partial charge in [0.15, 0.2) is 0 Å². The van der Waals surface area contributed by atoms with E-state index in [1.807, 2.05) is 54.7 Å². The average Bonchev–Trinajstić information content (AvgIpc) is 3.62. The van der Waals surface area contributed by atoms with Crippen molar-refractivity contribution in [2.75, 3.05) is 18.0 Å². The summed E-state index contributed by atoms with van der Waals surface area (Å²) < 4.78 is 3.73. The molecular formula is C31H29N9. The smallest absolute Gasteiger partial charge is 0.128 e. The number of aryl methyl sites for hydroxylation is 1. The SMILES string of the molecule is C#Cc1cccc(CN2C3CC2CN(c2ccc(-c4cc(-c5cnn(C)c5)cn5ncc(CN=C)c45)cn2)C3)n1. The van der Waals surface area contributed by atoms with Gasteiger partial charge in [0.25, 0.3) is 0 Å². The summed E-state index contributed by atoms with van der Waals surface area (Å²) >= 11 is 0. The number of aromatic nitrogens is 6. The van der Waals surface area contributed by atoms with E-state index in [9.17, 15) is 0 Å². The van der Waals surface area contributed by atoms with Crippen LogP contribution in [0.2, 0.25) is 0 Å². The summed E-state index contributed by atoms with van der Waals surface area (Å²) in [7, 11) is 1.92. The van der Waals surface area contributed by atoms with Crippen molar-refractivity contribution >= 4 is 18.1 Å². The fraction of sp³-hybridized carbons (Fsp3) is 0.258. The minimum Gasteiger partial charge on any atom is -0.353 e. The fourth-order valence-corrected chi connectivity index (χ4v) is 6.07. The normalized spacial score (nSPS) is 18.4. The third-order valence-electron chi connectivity index (χ3n) is 8.03. The summed E-state index contributed by atoms with van der Waals surface area (Å²) in [6, 6.07) is 13.4. The van der Waals surface area contributed by atoms with Gasteiger partial charge in [0, 0.05) is 85.2 Å². The van der Waals surface area contributed by atoms with E-state index in [1.165, 1.54) is 6.42 Å². The molecule has 9 nitrogen and oxygen atoms in total. The van der Waals surface area contributed by atoms with Crippen molar-refractivity contribution in [1.29, 1.82) is 0 Å². The van der Waals surface area contributed by atoms with Crippen molar-refractivity contribution in [2.45, 2.75) is 31.6 Å². The van der Waals surface area contributed by atoms with Crippen molar-refractivity contribution in [1.82, 2.24) is 34.3 Å². The Labute approximate surface area is 232 Å². The number of hydrogen-bond acceptors (Lipinski definition) is 7. The van der Waals surface area contributed by atoms with Crippen LogP contribution in [0.1, 0.15) is 23.4 Å². The van der Waals surface area contributed by atoms with Gasteiger partial charge in [-0.05, 0) is 43.5 Å². The molecule has 0 spiro atoms. The molecule has 198 valence electrons. The molecule has 2 bridgehead atoms. The highest BCUT2D eigenvalue weighted by Crippen LogP contribution is 2.36. The zero-order valence-corrected chi connectivity index (χ0v) is 22.4. The molecule has 3 aliphatic rings. The second-order valence-electron chi connectivity index (χ2n) is 10.6. The summed E-state index contributed by atoms with van der Waals surface area (Å²) in [5.74, 6) is 3.65. The molecule has 40 heavy (non-hydrogen) atoms. The van der Waals surface area contributed by atoms with Crippen LogP contribution in [0.5, 0.6) is 0 Å². The highest BCUT2D eigenvalue weighted by molar-refractivity contribution is 5.86. The number of piperazine rings is 1. The Hall–Kier alpha value is -4.81. The summed E-state index contributed by atoms with van der Waals surface area (Å²) in [5, 5.41) is 8.97. The summed E-state index contributed by atoms with van der Waals surface area (Å²) in [4.78, 5) is 18.6. The van der Waals surface area contributed by atoms with Crippen LogP contribution in [0.4, 0.5) is 5.82 Å². The van der Waals surface area contributed by atoms with Crippen molar-refractivity contribution < 1.29 is 0 Å². The molecule has 8 heterocycles. The number of anilines is 1. The molecule has 8 rings (SSSR count). The van der Waals surface area contributed by atoms with E-state index in [-0.39, 0.29) is 0 Å². The van der Waals surface area contributed by atoms with E-state index in [0.717, 1.165) is 64.5 Å². The topological polar surface area (TPSA) is 79.7 Å². The van der Waals surface area contributed by atoms with Crippen LogP contribution in [-0.2, 0) is 20.1 Å². The number of hydrogen-bond donors (Lipinski definition) is 0. The monoisotopic (exact) mass is 527 g/mol. The Morgan fingerprint density at radius 3 is 2.62 bits per heavy atom. The Kier molecular flexibility index (Phi) is 5.90. The second kappa shape index (κ2) is 9.74. The van der Waals surface area contributed by atoms with Gasteiger partial charge in [0.1, 0.15) is 11.5 Å². The third kappa shape index (κ3) is 4.23. The first kappa shape index (κ1) is 24.2. The van der Waals surface area contributed by atoms with Crippen LogP contribution in [0.3, 0.4) is 0 Å². The average molecular weight is 528 g/mol. The number of rotatable bonds is 7. The van der Waals surface area contributed by atoms with Crippen molar-refractivity contribution in [3.63, 3.8) is 0 Å². The predicted octanol–water partition coefficient (Wildman–Crippen LogP) is 3.84. The maximum atomic E-state index is 5.54. The van der Waals surface area contributed by atoms with Crippen LogP contribution in [0.15, 0.2) is 72.4 Å². The summed E-state index contributed by atoms with van der Waals surface area (Å²) in [6.45, 7) is 6.94. The molecule has 0 N–H and O–H groups in total. The Bertz CT molecular complexity index is 1750. The molecular weight excluding hydrogens is 498 g/mol. The lowest BCUT2D eigenvalue weighted by Crippen LogP contribution is -2.68. The highest BCUT2D eigenvalue weighted by atomic mass is 15.4. The van der Waals surface area contributed by atoms with Crippen LogP contribution in [0.25, 0.3) is 27.8 Å². The first-order valence-electron chi connectivity index (χ1n) is 13.4. The van der Waals surface area contributed by atoms with Gasteiger partial charge < -0.3 is 4.90 Å². The van der Waals surface area contributed by atoms with Crippen LogP contribution >= 0.6 is 0 Å². The van der Waals surface area contributed by atoms with Gasteiger partial charge in [-0.2, -0.15) is 10.2 Å². The summed E-state index contributed by atoms with van der Waals surface area (Å²) in [5.41, 5.74) is 7.96. The van der Waals surface area contributed by atoms with Gasteiger partial charge in [-0.25, -0.2) is 14.5 Å². The lowest BCUT2D eigenvalue weighted by Gasteiger charge is -2.56. The standard InChI is InChI=1S/C31H29N9/c1-4-25-6-5-7-26(36-25)18-39-27-11-28(39)20-38(19-27)30-9-8-21(13-33-30)29-10-22(24-15-34-37(3)16-24)17-40-31(29)23(12-32-2)14-35-40/h1,5-10,13-17,27-28H,2,11-12,18-20H2,3H3. The van der Waals surface area contributed by atoms with E-state index in [0.29, 0.717) is 24.3 Å². The molecule has 0 aromatic carbocycles. The number of fused-ring (bicyclic) bond motifs is 3. The van der Waals surface area contributed by atoms with Gasteiger partial charge >= 0.3 is 0 Å². The van der Waals surface area contributed by atoms with Gasteiger partial charge in [0.2, 0.25) is 0 Å². The molecule has 3 aliphatic heterocycles. The molecule has 0 aliphatic carbocycles. The minimum atomic E-state index is 0.494. The van der Waals surface area contributed by atoms with Crippen molar-refractivity contribution in [2.24, 2.45) is 12.0 Å². The maximum absolute atomic E-state index is 5.54. The molecule has 9 heteroatoms. The third-order valence-corrected chi connectivity index (χ3v) is 8.03. The molecule has 3 saturated heterocycles. The zero-order valence-electron chi connectivity index (χ0n) is 22.4. The van der Waals surface area contributed by atoms with Gasteiger partial charge in [0.05, 0.1) is 30.1 Å². The van der Waals surface area contributed by atoms with E-state index in [1.54, 1.807) is 4.68 Å². The fourth-order valence-electron chi connectivity index (χ4n) is 6.07. The molecule has 3 fully saturated rings. The lowest BCUT2D eigenvalue weighted by atomic mass is 9.87. The van der Waals surface area contributed by atoms with Gasteiger partial charge in [-0.3, -0.25) is 14.6 Å². The maximum Gasteiger partial charge on any atom is 0.128 e. The quantitative estimate of drug-likeness (QED) is 0.236. The zero-order chi connectivity index (χ0) is 27.2. The van der Waals surface area contributed by atoms with Crippen LogP contribution in [-0.4, -0.2) is 66.2 Å². The van der Waals surface area contributed by atoms with Crippen molar-refractivity contribution in [3.05, 3.63) is 84.3 Å². The lowest BCUT2D eigenvalue weighted by molar-refractivity contribution is -0.00968. The van der Waals surface area contributed by atoms with Crippen LogP contribution in [0, 0.1) is 12.3 Å². The largest absolute Gasteiger partial charge is 0.353 e. The molecule has 0 amide bonds. The van der Waals surface area contributed by atoms with E-state index >= 15 is 0 Å². The molecule has 0 saturated carbocycles. The summed E-state index contributed by atoms with van der Waals surface area (Å²) in [6.07, 6.45) is 16.5. The van der Waals surface area contributed by atoms with Gasteiger partial charge in [-0.15, -0.1) is 6.42 Å². The first-order valence-corrected chi connectivity index (χ1v) is 13.4. The Morgan fingerprint density at radius 2 is 1.90 bits per heavy atom. The molecule has 0 radical (unpaired) electrons. The molecule has 5 aromatic heterocycles. The highest BCUT2D eigenvalue weighted by Gasteiger charge is 2.44. The Morgan fingerprint density at radius 1 is 1.02 bits per heavy atom. The number of pyridine rings is 3. The van der Waals surface area contributed by atoms with Gasteiger partial charge in [-0.1, -0.05) is 12.0 Å².